The van der Waals surface area contributed by atoms with Crippen molar-refractivity contribution < 1.29 is 0 Å². The van der Waals surface area contributed by atoms with E-state index in [2.05, 4.69) is 89.8 Å². The summed E-state index contributed by atoms with van der Waals surface area (Å²) in [5.74, 6) is 0.978. The molecule has 0 bridgehead atoms. The Morgan fingerprint density at radius 3 is 2.79 bits per heavy atom. The first kappa shape index (κ1) is 21.8. The summed E-state index contributed by atoms with van der Waals surface area (Å²) >= 11 is 0. The smallest absolute Gasteiger partial charge is 0.135 e. The zero-order valence-electron chi connectivity index (χ0n) is 17.5. The lowest BCUT2D eigenvalue weighted by Crippen LogP contribution is -2.52. The molecule has 29 heavy (non-hydrogen) atoms. The van der Waals surface area contributed by atoms with E-state index in [9.17, 15) is 0 Å². The molecule has 2 unspecified atom stereocenters. The quantitative estimate of drug-likeness (QED) is 0.553. The Labute approximate surface area is 184 Å². The number of pyridine rings is 1. The van der Waals surface area contributed by atoms with Crippen molar-refractivity contribution in [3.8, 4) is 0 Å². The van der Waals surface area contributed by atoms with E-state index in [1.807, 2.05) is 6.20 Å². The van der Waals surface area contributed by atoms with Crippen molar-refractivity contribution in [2.24, 2.45) is 0 Å². The summed E-state index contributed by atoms with van der Waals surface area (Å²) in [5.41, 5.74) is 4.18. The van der Waals surface area contributed by atoms with Crippen molar-refractivity contribution in [1.82, 2.24) is 15.2 Å². The lowest BCUT2D eigenvalue weighted by atomic mass is 9.96. The molecule has 154 valence electrons. The van der Waals surface area contributed by atoms with Crippen molar-refractivity contribution in [3.63, 3.8) is 0 Å². The number of benzene rings is 2. The van der Waals surface area contributed by atoms with Crippen LogP contribution in [0.15, 0.2) is 54.7 Å². The first-order valence-corrected chi connectivity index (χ1v) is 10.3. The molecule has 0 amide bonds. The molecule has 0 radical (unpaired) electrons. The minimum atomic E-state index is 0. The normalized spacial score (nSPS) is 18.2. The van der Waals surface area contributed by atoms with Gasteiger partial charge in [0.05, 0.1) is 6.17 Å². The second kappa shape index (κ2) is 9.70. The minimum absolute atomic E-state index is 0. The van der Waals surface area contributed by atoms with Gasteiger partial charge in [0.2, 0.25) is 0 Å². The molecule has 1 saturated heterocycles. The number of aryl methyl sites for hydroxylation is 1. The average molecular weight is 455 g/mol. The van der Waals surface area contributed by atoms with Gasteiger partial charge in [-0.15, -0.1) is 17.0 Å². The third-order valence-corrected chi connectivity index (χ3v) is 6.03. The van der Waals surface area contributed by atoms with Crippen molar-refractivity contribution >= 4 is 33.6 Å². The Morgan fingerprint density at radius 2 is 1.97 bits per heavy atom. The van der Waals surface area contributed by atoms with Crippen LogP contribution >= 0.6 is 17.0 Å². The molecule has 1 aliphatic rings. The second-order valence-corrected chi connectivity index (χ2v) is 7.74. The maximum absolute atomic E-state index is 4.64. The largest absolute Gasteiger partial charge is 0.354 e. The highest BCUT2D eigenvalue weighted by Gasteiger charge is 2.27. The van der Waals surface area contributed by atoms with E-state index in [-0.39, 0.29) is 23.1 Å². The summed E-state index contributed by atoms with van der Waals surface area (Å²) in [6.45, 7) is 9.72. The van der Waals surface area contributed by atoms with Crippen LogP contribution in [0.4, 0.5) is 5.82 Å². The number of piperazine rings is 1. The SMILES string of the molecule is Br.CCC(Nc1nccc2ccccc12)N1CCNC(c2cccc(C)c2C)C1. The van der Waals surface area contributed by atoms with E-state index in [1.54, 1.807) is 0 Å². The summed E-state index contributed by atoms with van der Waals surface area (Å²) in [6, 6.07) is 17.5. The van der Waals surface area contributed by atoms with Crippen molar-refractivity contribution in [1.29, 1.82) is 0 Å². The fourth-order valence-electron chi connectivity index (χ4n) is 4.26. The van der Waals surface area contributed by atoms with Crippen LogP contribution in [0.2, 0.25) is 0 Å². The maximum Gasteiger partial charge on any atom is 0.135 e. The molecule has 2 heterocycles. The molecule has 0 aliphatic carbocycles. The average Bonchev–Trinajstić information content (AvgIpc) is 2.74. The van der Waals surface area contributed by atoms with Gasteiger partial charge in [-0.2, -0.15) is 0 Å². The van der Waals surface area contributed by atoms with Crippen LogP contribution in [0, 0.1) is 13.8 Å². The number of anilines is 1. The fourth-order valence-corrected chi connectivity index (χ4v) is 4.26. The van der Waals surface area contributed by atoms with Gasteiger partial charge in [-0.05, 0) is 48.4 Å². The van der Waals surface area contributed by atoms with Crippen molar-refractivity contribution in [2.75, 3.05) is 25.0 Å². The Balaban J connectivity index is 0.00000240. The molecule has 0 saturated carbocycles. The van der Waals surface area contributed by atoms with E-state index in [0.717, 1.165) is 31.9 Å². The molecule has 2 atom stereocenters. The summed E-state index contributed by atoms with van der Waals surface area (Å²) in [4.78, 5) is 7.20. The predicted molar refractivity (Wildman–Crippen MR) is 128 cm³/mol. The molecule has 0 spiro atoms. The highest BCUT2D eigenvalue weighted by Crippen LogP contribution is 2.26. The topological polar surface area (TPSA) is 40.2 Å². The Hall–Kier alpha value is -1.95. The zero-order chi connectivity index (χ0) is 19.5. The van der Waals surface area contributed by atoms with Crippen molar-refractivity contribution in [2.45, 2.75) is 39.4 Å². The molecular weight excluding hydrogens is 424 g/mol. The predicted octanol–water partition coefficient (Wildman–Crippen LogP) is 5.22. The molecule has 3 aromatic rings. The van der Waals surface area contributed by atoms with Crippen LogP contribution in [-0.4, -0.2) is 35.7 Å². The van der Waals surface area contributed by atoms with Crippen LogP contribution in [0.1, 0.15) is 36.1 Å². The standard InChI is InChI=1S/C24H30N4.BrH/c1-4-23(27-24-21-10-6-5-9-19(21)12-13-26-24)28-15-14-25-22(16-28)20-11-7-8-17(2)18(20)3;/h5-13,22-23,25H,4,14-16H2,1-3H3,(H,26,27);1H. The highest BCUT2D eigenvalue weighted by molar-refractivity contribution is 8.93. The number of nitrogens with one attached hydrogen (secondary N) is 2. The molecule has 5 heteroatoms. The molecule has 1 fully saturated rings. The molecule has 2 aromatic carbocycles. The molecule has 4 rings (SSSR count). The molecule has 2 N–H and O–H groups in total. The Kier molecular flexibility index (Phi) is 7.28. The summed E-state index contributed by atoms with van der Waals surface area (Å²) in [5, 5.41) is 9.86. The molecule has 1 aromatic heterocycles. The first-order valence-electron chi connectivity index (χ1n) is 10.3. The second-order valence-electron chi connectivity index (χ2n) is 7.74. The van der Waals surface area contributed by atoms with E-state index in [1.165, 1.54) is 27.5 Å². The van der Waals surface area contributed by atoms with Gasteiger partial charge in [0.15, 0.2) is 0 Å². The van der Waals surface area contributed by atoms with Crippen LogP contribution < -0.4 is 10.6 Å². The van der Waals surface area contributed by atoms with Crippen LogP contribution in [0.25, 0.3) is 10.8 Å². The highest BCUT2D eigenvalue weighted by atomic mass is 79.9. The third-order valence-electron chi connectivity index (χ3n) is 6.03. The Morgan fingerprint density at radius 1 is 1.14 bits per heavy atom. The van der Waals surface area contributed by atoms with E-state index in [4.69, 9.17) is 0 Å². The summed E-state index contributed by atoms with van der Waals surface area (Å²) < 4.78 is 0. The van der Waals surface area contributed by atoms with Crippen LogP contribution in [0.3, 0.4) is 0 Å². The third kappa shape index (κ3) is 4.63. The number of fused-ring (bicyclic) bond motifs is 1. The van der Waals surface area contributed by atoms with Gasteiger partial charge in [-0.3, -0.25) is 4.90 Å². The van der Waals surface area contributed by atoms with Gasteiger partial charge in [-0.25, -0.2) is 4.98 Å². The zero-order valence-corrected chi connectivity index (χ0v) is 19.2. The summed E-state index contributed by atoms with van der Waals surface area (Å²) in [6.07, 6.45) is 3.20. The number of nitrogens with zero attached hydrogens (tertiary/aromatic N) is 2. The molecule has 4 nitrogen and oxygen atoms in total. The van der Waals surface area contributed by atoms with Gasteiger partial charge in [0.25, 0.3) is 0 Å². The molecular formula is C24H31BrN4. The van der Waals surface area contributed by atoms with E-state index in [0.29, 0.717) is 6.04 Å². The van der Waals surface area contributed by atoms with Crippen LogP contribution in [-0.2, 0) is 0 Å². The van der Waals surface area contributed by atoms with Gasteiger partial charge in [-0.1, -0.05) is 49.4 Å². The lowest BCUT2D eigenvalue weighted by molar-refractivity contribution is 0.154. The van der Waals surface area contributed by atoms with Gasteiger partial charge in [0.1, 0.15) is 5.82 Å². The van der Waals surface area contributed by atoms with Crippen molar-refractivity contribution in [3.05, 3.63) is 71.4 Å². The van der Waals surface area contributed by atoms with Gasteiger partial charge < -0.3 is 10.6 Å². The van der Waals surface area contributed by atoms with Gasteiger partial charge in [0, 0.05) is 37.3 Å². The number of rotatable bonds is 5. The number of hydrogen-bond acceptors (Lipinski definition) is 4. The number of halogens is 1. The monoisotopic (exact) mass is 454 g/mol. The number of hydrogen-bond donors (Lipinski definition) is 2. The maximum atomic E-state index is 4.64. The fraction of sp³-hybridized carbons (Fsp3) is 0.375. The van der Waals surface area contributed by atoms with E-state index >= 15 is 0 Å². The van der Waals surface area contributed by atoms with Gasteiger partial charge >= 0.3 is 0 Å². The lowest BCUT2D eigenvalue weighted by Gasteiger charge is -2.39. The molecule has 1 aliphatic heterocycles. The summed E-state index contributed by atoms with van der Waals surface area (Å²) in [7, 11) is 0. The minimum Gasteiger partial charge on any atom is -0.354 e. The van der Waals surface area contributed by atoms with Crippen LogP contribution in [0.5, 0.6) is 0 Å². The first-order chi connectivity index (χ1) is 13.7. The Bertz CT molecular complexity index is 953. The van der Waals surface area contributed by atoms with E-state index < -0.39 is 0 Å². The number of aromatic nitrogens is 1.